The van der Waals surface area contributed by atoms with Gasteiger partial charge in [-0.1, -0.05) is 95.0 Å². The number of esters is 1. The van der Waals surface area contributed by atoms with Crippen LogP contribution in [0.15, 0.2) is 30.3 Å². The lowest BCUT2D eigenvalue weighted by atomic mass is 10.0. The number of rotatable bonds is 20. The first-order valence-corrected chi connectivity index (χ1v) is 12.6. The van der Waals surface area contributed by atoms with Gasteiger partial charge in [-0.3, -0.25) is 9.59 Å². The number of unbranched alkanes of at least 4 members (excludes halogenated alkanes) is 8. The van der Waals surface area contributed by atoms with Gasteiger partial charge in [0.05, 0.1) is 19.1 Å². The topological polar surface area (TPSA) is 72.8 Å². The van der Waals surface area contributed by atoms with Gasteiger partial charge in [-0.15, -0.1) is 0 Å². The average Bonchev–Trinajstić information content (AvgIpc) is 2.75. The van der Waals surface area contributed by atoms with Crippen molar-refractivity contribution in [3.05, 3.63) is 35.9 Å². The van der Waals surface area contributed by atoms with Crippen LogP contribution in [0.3, 0.4) is 0 Å². The van der Waals surface area contributed by atoms with Crippen LogP contribution < -0.4 is 0 Å². The first kappa shape index (κ1) is 28.2. The molecule has 2 unspecified atom stereocenters. The smallest absolute Gasteiger partial charge is 0.305 e. The van der Waals surface area contributed by atoms with E-state index in [9.17, 15) is 9.59 Å². The number of hydrogen-bond donors (Lipinski definition) is 1. The van der Waals surface area contributed by atoms with E-state index < -0.39 is 5.97 Å². The zero-order chi connectivity index (χ0) is 23.4. The van der Waals surface area contributed by atoms with Crippen molar-refractivity contribution in [3.63, 3.8) is 0 Å². The first-order valence-electron chi connectivity index (χ1n) is 12.6. The Morgan fingerprint density at radius 2 is 1.34 bits per heavy atom. The normalized spacial score (nSPS) is 12.9. The predicted octanol–water partition coefficient (Wildman–Crippen LogP) is 7.07. The summed E-state index contributed by atoms with van der Waals surface area (Å²) < 4.78 is 11.2. The number of carbonyl (C=O) groups is 2. The van der Waals surface area contributed by atoms with Crippen LogP contribution in [0.2, 0.25) is 0 Å². The Morgan fingerprint density at radius 1 is 0.812 bits per heavy atom. The molecule has 0 aliphatic heterocycles. The first-order chi connectivity index (χ1) is 15.5. The zero-order valence-electron chi connectivity index (χ0n) is 20.2. The van der Waals surface area contributed by atoms with Gasteiger partial charge in [-0.2, -0.15) is 0 Å². The van der Waals surface area contributed by atoms with E-state index in [-0.39, 0.29) is 24.6 Å². The van der Waals surface area contributed by atoms with Crippen molar-refractivity contribution in [2.75, 3.05) is 0 Å². The van der Waals surface area contributed by atoms with E-state index in [1.54, 1.807) is 0 Å². The van der Waals surface area contributed by atoms with Crippen molar-refractivity contribution in [2.24, 2.45) is 0 Å². The van der Waals surface area contributed by atoms with Gasteiger partial charge in [0.25, 0.3) is 0 Å². The molecule has 0 saturated heterocycles. The lowest BCUT2D eigenvalue weighted by Gasteiger charge is -2.16. The minimum absolute atomic E-state index is 0.0728. The number of ether oxygens (including phenoxy) is 2. The van der Waals surface area contributed by atoms with Crippen LogP contribution in [0.1, 0.15) is 109 Å². The van der Waals surface area contributed by atoms with Gasteiger partial charge in [-0.05, 0) is 31.2 Å². The molecular weight excluding hydrogens is 404 g/mol. The quantitative estimate of drug-likeness (QED) is 0.171. The SMILES string of the molecule is CCCC(CCCCCCCCCCCC(CC(=O)O)OCc1ccccc1)OC(C)=O. The molecule has 0 aromatic heterocycles. The molecule has 0 spiro atoms. The molecule has 5 nitrogen and oxygen atoms in total. The second-order valence-corrected chi connectivity index (χ2v) is 8.80. The highest BCUT2D eigenvalue weighted by Crippen LogP contribution is 2.17. The molecule has 1 N–H and O–H groups in total. The van der Waals surface area contributed by atoms with E-state index in [4.69, 9.17) is 14.6 Å². The summed E-state index contributed by atoms with van der Waals surface area (Å²) in [4.78, 5) is 22.2. The third kappa shape index (κ3) is 15.9. The third-order valence-electron chi connectivity index (χ3n) is 5.73. The minimum Gasteiger partial charge on any atom is -0.481 e. The van der Waals surface area contributed by atoms with Crippen molar-refractivity contribution >= 4 is 11.9 Å². The minimum atomic E-state index is -0.795. The summed E-state index contributed by atoms with van der Waals surface area (Å²) >= 11 is 0. The van der Waals surface area contributed by atoms with Crippen LogP contribution in [0.25, 0.3) is 0 Å². The molecule has 0 aliphatic rings. The largest absolute Gasteiger partial charge is 0.481 e. The Balaban J connectivity index is 2.03. The molecule has 182 valence electrons. The number of aliphatic carboxylic acids is 1. The van der Waals surface area contributed by atoms with E-state index in [2.05, 4.69) is 6.92 Å². The summed E-state index contributed by atoms with van der Waals surface area (Å²) in [5.41, 5.74) is 1.08. The summed E-state index contributed by atoms with van der Waals surface area (Å²) in [6.45, 7) is 4.09. The lowest BCUT2D eigenvalue weighted by Crippen LogP contribution is -2.17. The Morgan fingerprint density at radius 3 is 1.84 bits per heavy atom. The summed E-state index contributed by atoms with van der Waals surface area (Å²) in [6, 6.07) is 9.91. The summed E-state index contributed by atoms with van der Waals surface area (Å²) in [7, 11) is 0. The average molecular weight is 449 g/mol. The summed E-state index contributed by atoms with van der Waals surface area (Å²) in [6.07, 6.45) is 14.4. The Kier molecular flexibility index (Phi) is 16.4. The van der Waals surface area contributed by atoms with Gasteiger partial charge in [0.15, 0.2) is 0 Å². The van der Waals surface area contributed by atoms with E-state index in [1.165, 1.54) is 45.4 Å². The number of hydrogen-bond acceptors (Lipinski definition) is 4. The van der Waals surface area contributed by atoms with Gasteiger partial charge in [0.1, 0.15) is 6.10 Å². The maximum atomic E-state index is 11.1. The molecule has 0 radical (unpaired) electrons. The van der Waals surface area contributed by atoms with Gasteiger partial charge in [-0.25, -0.2) is 0 Å². The van der Waals surface area contributed by atoms with Gasteiger partial charge >= 0.3 is 11.9 Å². The van der Waals surface area contributed by atoms with E-state index in [1.807, 2.05) is 30.3 Å². The highest BCUT2D eigenvalue weighted by molar-refractivity contribution is 5.67. The molecule has 1 aromatic rings. The molecule has 32 heavy (non-hydrogen) atoms. The van der Waals surface area contributed by atoms with Gasteiger partial charge in [0, 0.05) is 6.92 Å². The predicted molar refractivity (Wildman–Crippen MR) is 129 cm³/mol. The second kappa shape index (κ2) is 18.7. The van der Waals surface area contributed by atoms with Crippen LogP contribution >= 0.6 is 0 Å². The molecule has 1 rings (SSSR count). The molecule has 2 atom stereocenters. The van der Waals surface area contributed by atoms with Crippen molar-refractivity contribution in [3.8, 4) is 0 Å². The summed E-state index contributed by atoms with van der Waals surface area (Å²) in [5, 5.41) is 9.14. The Hall–Kier alpha value is -1.88. The Bertz CT molecular complexity index is 601. The highest BCUT2D eigenvalue weighted by atomic mass is 16.5. The molecule has 0 aliphatic carbocycles. The van der Waals surface area contributed by atoms with E-state index >= 15 is 0 Å². The monoisotopic (exact) mass is 448 g/mol. The molecule has 1 aromatic carbocycles. The number of carboxylic acid groups (broad SMARTS) is 1. The molecule has 5 heteroatoms. The number of benzene rings is 1. The fourth-order valence-electron chi connectivity index (χ4n) is 4.03. The molecule has 0 heterocycles. The van der Waals surface area contributed by atoms with Crippen molar-refractivity contribution < 1.29 is 24.2 Å². The number of carboxylic acids is 1. The summed E-state index contributed by atoms with van der Waals surface area (Å²) in [5.74, 6) is -0.961. The van der Waals surface area contributed by atoms with E-state index in [0.717, 1.165) is 50.5 Å². The van der Waals surface area contributed by atoms with Crippen molar-refractivity contribution in [2.45, 2.75) is 123 Å². The molecular formula is C27H44O5. The standard InChI is InChI=1S/C27H44O5/c1-3-16-25(32-23(2)28)19-14-9-7-5-4-6-8-10-15-20-26(21-27(29)30)31-22-24-17-12-11-13-18-24/h11-13,17-18,25-26H,3-10,14-16,19-22H2,1-2H3,(H,29,30). The molecule has 0 bridgehead atoms. The zero-order valence-corrected chi connectivity index (χ0v) is 20.2. The lowest BCUT2D eigenvalue weighted by molar-refractivity contribution is -0.147. The van der Waals surface area contributed by atoms with Gasteiger partial charge < -0.3 is 14.6 Å². The van der Waals surface area contributed by atoms with Crippen LogP contribution in [0.5, 0.6) is 0 Å². The molecule has 0 saturated carbocycles. The Labute approximate surface area is 194 Å². The van der Waals surface area contributed by atoms with Crippen molar-refractivity contribution in [1.29, 1.82) is 0 Å². The fraction of sp³-hybridized carbons (Fsp3) is 0.704. The molecule has 0 amide bonds. The number of carbonyl (C=O) groups excluding carboxylic acids is 1. The molecule has 0 fully saturated rings. The maximum Gasteiger partial charge on any atom is 0.305 e. The van der Waals surface area contributed by atoms with Crippen LogP contribution in [0, 0.1) is 0 Å². The van der Waals surface area contributed by atoms with E-state index in [0.29, 0.717) is 6.61 Å². The van der Waals surface area contributed by atoms with Gasteiger partial charge in [0.2, 0.25) is 0 Å². The maximum absolute atomic E-state index is 11.1. The third-order valence-corrected chi connectivity index (χ3v) is 5.73. The second-order valence-electron chi connectivity index (χ2n) is 8.80. The van der Waals surface area contributed by atoms with Crippen LogP contribution in [0.4, 0.5) is 0 Å². The fourth-order valence-corrected chi connectivity index (χ4v) is 4.03. The van der Waals surface area contributed by atoms with Crippen LogP contribution in [-0.4, -0.2) is 29.3 Å². The highest BCUT2D eigenvalue weighted by Gasteiger charge is 2.14. The van der Waals surface area contributed by atoms with Crippen molar-refractivity contribution in [1.82, 2.24) is 0 Å². The van der Waals surface area contributed by atoms with Crippen LogP contribution in [-0.2, 0) is 25.7 Å².